The van der Waals surface area contributed by atoms with Crippen LogP contribution in [0.15, 0.2) is 18.2 Å². The molecule has 2 rings (SSSR count). The standard InChI is InChI=1S/C16H24N2O3S/c1-3-20-6-7-21-15-8-12(2)4-5-13(15)9-17-16(19)14-10-22-11-18-14/h4-5,8,14,18H,3,6-7,9-11H2,1-2H3,(H,17,19). The fourth-order valence-corrected chi connectivity index (χ4v) is 3.11. The summed E-state index contributed by atoms with van der Waals surface area (Å²) in [5, 5.41) is 6.14. The summed E-state index contributed by atoms with van der Waals surface area (Å²) in [5.41, 5.74) is 2.12. The van der Waals surface area contributed by atoms with E-state index in [2.05, 4.69) is 10.6 Å². The quantitative estimate of drug-likeness (QED) is 0.713. The van der Waals surface area contributed by atoms with Crippen LogP contribution < -0.4 is 15.4 Å². The molecule has 1 heterocycles. The molecule has 0 radical (unpaired) electrons. The molecule has 1 amide bonds. The Hall–Kier alpha value is -1.24. The second-order valence-electron chi connectivity index (χ2n) is 5.15. The predicted molar refractivity (Wildman–Crippen MR) is 89.3 cm³/mol. The molecule has 2 N–H and O–H groups in total. The van der Waals surface area contributed by atoms with Crippen molar-refractivity contribution in [2.75, 3.05) is 31.5 Å². The predicted octanol–water partition coefficient (Wildman–Crippen LogP) is 1.69. The number of aryl methyl sites for hydroxylation is 1. The van der Waals surface area contributed by atoms with E-state index in [9.17, 15) is 4.79 Å². The first-order valence-corrected chi connectivity index (χ1v) is 8.75. The average Bonchev–Trinajstić information content (AvgIpc) is 3.05. The van der Waals surface area contributed by atoms with Gasteiger partial charge in [-0.25, -0.2) is 0 Å². The summed E-state index contributed by atoms with van der Waals surface area (Å²) in [6.07, 6.45) is 0. The normalized spacial score (nSPS) is 17.5. The number of amides is 1. The van der Waals surface area contributed by atoms with Crippen molar-refractivity contribution in [3.05, 3.63) is 29.3 Å². The molecule has 122 valence electrons. The Bertz CT molecular complexity index is 490. The van der Waals surface area contributed by atoms with Gasteiger partial charge in [-0.05, 0) is 25.5 Å². The van der Waals surface area contributed by atoms with Gasteiger partial charge in [-0.3, -0.25) is 10.1 Å². The Morgan fingerprint density at radius 1 is 1.45 bits per heavy atom. The topological polar surface area (TPSA) is 59.6 Å². The van der Waals surface area contributed by atoms with Gasteiger partial charge >= 0.3 is 0 Å². The highest BCUT2D eigenvalue weighted by Crippen LogP contribution is 2.20. The Kier molecular flexibility index (Phi) is 7.02. The SMILES string of the molecule is CCOCCOc1cc(C)ccc1CNC(=O)C1CSCN1. The number of benzene rings is 1. The minimum absolute atomic E-state index is 0.0471. The molecule has 0 bridgehead atoms. The molecule has 0 saturated carbocycles. The van der Waals surface area contributed by atoms with Crippen LogP contribution in [0, 0.1) is 6.92 Å². The minimum Gasteiger partial charge on any atom is -0.491 e. The fraction of sp³-hybridized carbons (Fsp3) is 0.562. The van der Waals surface area contributed by atoms with E-state index in [1.165, 1.54) is 0 Å². The van der Waals surface area contributed by atoms with Gasteiger partial charge < -0.3 is 14.8 Å². The zero-order valence-corrected chi connectivity index (χ0v) is 14.0. The molecule has 1 aliphatic rings. The second kappa shape index (κ2) is 9.02. The third-order valence-corrected chi connectivity index (χ3v) is 4.34. The van der Waals surface area contributed by atoms with Crippen molar-refractivity contribution in [3.63, 3.8) is 0 Å². The Morgan fingerprint density at radius 2 is 2.32 bits per heavy atom. The van der Waals surface area contributed by atoms with Gasteiger partial charge in [0, 0.05) is 30.3 Å². The lowest BCUT2D eigenvalue weighted by Gasteiger charge is -2.15. The van der Waals surface area contributed by atoms with Gasteiger partial charge in [0.25, 0.3) is 0 Å². The third-order valence-electron chi connectivity index (χ3n) is 3.40. The van der Waals surface area contributed by atoms with Crippen LogP contribution in [0.5, 0.6) is 5.75 Å². The third kappa shape index (κ3) is 5.19. The highest BCUT2D eigenvalue weighted by molar-refractivity contribution is 7.99. The molecule has 1 aliphatic heterocycles. The Balaban J connectivity index is 1.89. The summed E-state index contributed by atoms with van der Waals surface area (Å²) < 4.78 is 11.1. The molecular formula is C16H24N2O3S. The molecule has 1 saturated heterocycles. The van der Waals surface area contributed by atoms with Crippen LogP contribution in [0.4, 0.5) is 0 Å². The summed E-state index contributed by atoms with van der Waals surface area (Å²) in [5.74, 6) is 2.53. The summed E-state index contributed by atoms with van der Waals surface area (Å²) in [6.45, 7) is 6.23. The second-order valence-corrected chi connectivity index (χ2v) is 6.18. The molecule has 5 nitrogen and oxygen atoms in total. The number of rotatable bonds is 8. The van der Waals surface area contributed by atoms with E-state index in [0.717, 1.165) is 28.5 Å². The first kappa shape index (κ1) is 17.1. The van der Waals surface area contributed by atoms with Crippen molar-refractivity contribution in [1.29, 1.82) is 0 Å². The maximum Gasteiger partial charge on any atom is 0.238 e. The molecule has 1 fully saturated rings. The first-order valence-electron chi connectivity index (χ1n) is 7.59. The zero-order chi connectivity index (χ0) is 15.8. The van der Waals surface area contributed by atoms with Gasteiger partial charge in [-0.15, -0.1) is 11.8 Å². The van der Waals surface area contributed by atoms with Crippen LogP contribution >= 0.6 is 11.8 Å². The molecule has 0 aliphatic carbocycles. The lowest BCUT2D eigenvalue weighted by Crippen LogP contribution is -2.41. The molecule has 1 aromatic carbocycles. The number of carbonyl (C=O) groups excluding carboxylic acids is 1. The summed E-state index contributed by atoms with van der Waals surface area (Å²) in [6, 6.07) is 5.94. The zero-order valence-electron chi connectivity index (χ0n) is 13.2. The van der Waals surface area contributed by atoms with Gasteiger partial charge in [0.2, 0.25) is 5.91 Å². The molecule has 1 atom stereocenters. The fourth-order valence-electron chi connectivity index (χ4n) is 2.17. The molecule has 1 unspecified atom stereocenters. The molecule has 1 aromatic rings. The maximum atomic E-state index is 12.0. The highest BCUT2D eigenvalue weighted by atomic mass is 32.2. The Labute approximate surface area is 136 Å². The number of hydrogen-bond donors (Lipinski definition) is 2. The molecule has 0 aromatic heterocycles. The maximum absolute atomic E-state index is 12.0. The van der Waals surface area contributed by atoms with Crippen LogP contribution in [0.25, 0.3) is 0 Å². The van der Waals surface area contributed by atoms with Crippen LogP contribution in [-0.4, -0.2) is 43.4 Å². The number of hydrogen-bond acceptors (Lipinski definition) is 5. The van der Waals surface area contributed by atoms with E-state index in [4.69, 9.17) is 9.47 Å². The Morgan fingerprint density at radius 3 is 3.05 bits per heavy atom. The molecular weight excluding hydrogens is 300 g/mol. The number of thioether (sulfide) groups is 1. The van der Waals surface area contributed by atoms with E-state index in [1.54, 1.807) is 11.8 Å². The van der Waals surface area contributed by atoms with Crippen LogP contribution in [0.3, 0.4) is 0 Å². The minimum atomic E-state index is -0.0854. The van der Waals surface area contributed by atoms with E-state index < -0.39 is 0 Å². The van der Waals surface area contributed by atoms with Crippen molar-refractivity contribution in [2.24, 2.45) is 0 Å². The first-order chi connectivity index (χ1) is 10.7. The summed E-state index contributed by atoms with van der Waals surface area (Å²) in [4.78, 5) is 12.0. The van der Waals surface area contributed by atoms with Gasteiger partial charge in [-0.2, -0.15) is 0 Å². The van der Waals surface area contributed by atoms with Gasteiger partial charge in [0.15, 0.2) is 0 Å². The van der Waals surface area contributed by atoms with Crippen LogP contribution in [-0.2, 0) is 16.1 Å². The van der Waals surface area contributed by atoms with Gasteiger partial charge in [0.1, 0.15) is 12.4 Å². The molecule has 22 heavy (non-hydrogen) atoms. The monoisotopic (exact) mass is 324 g/mol. The number of carbonyl (C=O) groups is 1. The van der Waals surface area contributed by atoms with Crippen molar-refractivity contribution in [2.45, 2.75) is 26.4 Å². The van der Waals surface area contributed by atoms with Crippen molar-refractivity contribution in [3.8, 4) is 5.75 Å². The average molecular weight is 324 g/mol. The van der Waals surface area contributed by atoms with Crippen molar-refractivity contribution in [1.82, 2.24) is 10.6 Å². The van der Waals surface area contributed by atoms with E-state index in [-0.39, 0.29) is 11.9 Å². The van der Waals surface area contributed by atoms with Crippen molar-refractivity contribution >= 4 is 17.7 Å². The van der Waals surface area contributed by atoms with Crippen molar-refractivity contribution < 1.29 is 14.3 Å². The summed E-state index contributed by atoms with van der Waals surface area (Å²) >= 11 is 1.74. The molecule has 6 heteroatoms. The molecule has 0 spiro atoms. The van der Waals surface area contributed by atoms with Crippen LogP contribution in [0.1, 0.15) is 18.1 Å². The van der Waals surface area contributed by atoms with E-state index in [0.29, 0.717) is 26.4 Å². The van der Waals surface area contributed by atoms with E-state index >= 15 is 0 Å². The number of nitrogens with one attached hydrogen (secondary N) is 2. The van der Waals surface area contributed by atoms with E-state index in [1.807, 2.05) is 32.0 Å². The number of ether oxygens (including phenoxy) is 2. The smallest absolute Gasteiger partial charge is 0.238 e. The van der Waals surface area contributed by atoms with Gasteiger partial charge in [-0.1, -0.05) is 12.1 Å². The van der Waals surface area contributed by atoms with Gasteiger partial charge in [0.05, 0.1) is 12.6 Å². The lowest BCUT2D eigenvalue weighted by molar-refractivity contribution is -0.122. The highest BCUT2D eigenvalue weighted by Gasteiger charge is 2.22. The van der Waals surface area contributed by atoms with Crippen LogP contribution in [0.2, 0.25) is 0 Å². The largest absolute Gasteiger partial charge is 0.491 e. The lowest BCUT2D eigenvalue weighted by atomic mass is 10.1. The summed E-state index contributed by atoms with van der Waals surface area (Å²) in [7, 11) is 0.